The second-order valence-electron chi connectivity index (χ2n) is 3.60. The van der Waals surface area contributed by atoms with Crippen molar-refractivity contribution in [2.24, 2.45) is 0 Å². The number of anilines is 1. The molecule has 0 fully saturated rings. The van der Waals surface area contributed by atoms with Gasteiger partial charge < -0.3 is 4.74 Å². The number of nitrogens with zero attached hydrogens (tertiary/aromatic N) is 2. The number of carbonyl (C=O) groups is 1. The smallest absolute Gasteiger partial charge is 0.257 e. The molecule has 0 radical (unpaired) electrons. The molecule has 0 saturated heterocycles. The maximum absolute atomic E-state index is 12.7. The van der Waals surface area contributed by atoms with Crippen molar-refractivity contribution in [2.75, 3.05) is 11.9 Å². The van der Waals surface area contributed by atoms with Gasteiger partial charge in [-0.15, -0.1) is 10.2 Å². The molecular formula is C12H12FN3O2S. The summed E-state index contributed by atoms with van der Waals surface area (Å²) in [5, 5.41) is 11.4. The SMILES string of the molecule is CCOCc1nnc(NC(=O)c2ccc(F)cc2)s1. The molecule has 0 aliphatic heterocycles. The molecule has 0 aliphatic rings. The van der Waals surface area contributed by atoms with Crippen molar-refractivity contribution in [3.8, 4) is 0 Å². The van der Waals surface area contributed by atoms with Crippen molar-refractivity contribution in [3.63, 3.8) is 0 Å². The second-order valence-corrected chi connectivity index (χ2v) is 4.66. The Morgan fingerprint density at radius 3 is 2.79 bits per heavy atom. The first kappa shape index (κ1) is 13.6. The molecule has 1 amide bonds. The maximum Gasteiger partial charge on any atom is 0.257 e. The molecule has 1 N–H and O–H groups in total. The quantitative estimate of drug-likeness (QED) is 0.914. The Morgan fingerprint density at radius 2 is 2.11 bits per heavy atom. The highest BCUT2D eigenvalue weighted by atomic mass is 32.1. The second kappa shape index (κ2) is 6.35. The van der Waals surface area contributed by atoms with Crippen LogP contribution in [0.4, 0.5) is 9.52 Å². The van der Waals surface area contributed by atoms with Crippen molar-refractivity contribution in [1.82, 2.24) is 10.2 Å². The lowest BCUT2D eigenvalue weighted by molar-refractivity contribution is 0.102. The monoisotopic (exact) mass is 281 g/mol. The van der Waals surface area contributed by atoms with Gasteiger partial charge in [-0.25, -0.2) is 4.39 Å². The molecule has 0 saturated carbocycles. The highest BCUT2D eigenvalue weighted by Gasteiger charge is 2.10. The number of hydrogen-bond acceptors (Lipinski definition) is 5. The highest BCUT2D eigenvalue weighted by Crippen LogP contribution is 2.17. The zero-order chi connectivity index (χ0) is 13.7. The maximum atomic E-state index is 12.7. The molecule has 100 valence electrons. The van der Waals surface area contributed by atoms with E-state index < -0.39 is 0 Å². The molecule has 0 aliphatic carbocycles. The number of carbonyl (C=O) groups excluding carboxylic acids is 1. The first-order chi connectivity index (χ1) is 9.19. The van der Waals surface area contributed by atoms with E-state index in [4.69, 9.17) is 4.74 Å². The molecule has 1 aromatic heterocycles. The fourth-order valence-electron chi connectivity index (χ4n) is 1.32. The third kappa shape index (κ3) is 3.80. The zero-order valence-corrected chi connectivity index (χ0v) is 11.0. The van der Waals surface area contributed by atoms with Crippen LogP contribution in [-0.4, -0.2) is 22.7 Å². The van der Waals surface area contributed by atoms with Gasteiger partial charge in [-0.3, -0.25) is 10.1 Å². The Balaban J connectivity index is 1.98. The van der Waals surface area contributed by atoms with Crippen LogP contribution in [0.15, 0.2) is 24.3 Å². The molecule has 1 aromatic carbocycles. The molecule has 7 heteroatoms. The van der Waals surface area contributed by atoms with Crippen LogP contribution in [0, 0.1) is 5.82 Å². The van der Waals surface area contributed by atoms with Gasteiger partial charge in [-0.1, -0.05) is 11.3 Å². The average Bonchev–Trinajstić information content (AvgIpc) is 2.84. The Kier molecular flexibility index (Phi) is 4.53. The number of halogens is 1. The van der Waals surface area contributed by atoms with E-state index >= 15 is 0 Å². The molecule has 0 atom stereocenters. The lowest BCUT2D eigenvalue weighted by Crippen LogP contribution is -2.11. The number of ether oxygens (including phenoxy) is 1. The number of amides is 1. The standard InChI is InChI=1S/C12H12FN3O2S/c1-2-18-7-10-15-16-12(19-10)14-11(17)8-3-5-9(13)6-4-8/h3-6H,2,7H2,1H3,(H,14,16,17). The Labute approximate surface area is 113 Å². The van der Waals surface area contributed by atoms with Crippen molar-refractivity contribution >= 4 is 22.4 Å². The van der Waals surface area contributed by atoms with E-state index in [1.165, 1.54) is 35.6 Å². The third-order valence-corrected chi connectivity index (χ3v) is 3.04. The molecule has 0 spiro atoms. The van der Waals surface area contributed by atoms with Crippen LogP contribution < -0.4 is 5.32 Å². The Bertz CT molecular complexity index is 556. The third-order valence-electron chi connectivity index (χ3n) is 2.22. The van der Waals surface area contributed by atoms with E-state index in [1.807, 2.05) is 6.92 Å². The molecule has 5 nitrogen and oxygen atoms in total. The van der Waals surface area contributed by atoms with Gasteiger partial charge in [0.05, 0.1) is 0 Å². The van der Waals surface area contributed by atoms with Crippen molar-refractivity contribution in [3.05, 3.63) is 40.7 Å². The Morgan fingerprint density at radius 1 is 1.37 bits per heavy atom. The van der Waals surface area contributed by atoms with E-state index in [2.05, 4.69) is 15.5 Å². The van der Waals surface area contributed by atoms with E-state index in [-0.39, 0.29) is 11.7 Å². The van der Waals surface area contributed by atoms with Crippen LogP contribution in [0.5, 0.6) is 0 Å². The number of rotatable bonds is 5. The summed E-state index contributed by atoms with van der Waals surface area (Å²) in [5.74, 6) is -0.731. The first-order valence-electron chi connectivity index (χ1n) is 5.66. The summed E-state index contributed by atoms with van der Waals surface area (Å²) in [6.45, 7) is 2.86. The molecule has 0 bridgehead atoms. The van der Waals surface area contributed by atoms with Crippen LogP contribution in [0.1, 0.15) is 22.3 Å². The topological polar surface area (TPSA) is 64.1 Å². The van der Waals surface area contributed by atoms with Gasteiger partial charge in [0, 0.05) is 12.2 Å². The fraction of sp³-hybridized carbons (Fsp3) is 0.250. The van der Waals surface area contributed by atoms with Crippen molar-refractivity contribution < 1.29 is 13.9 Å². The molecule has 19 heavy (non-hydrogen) atoms. The number of benzene rings is 1. The van der Waals surface area contributed by atoms with E-state index in [0.717, 1.165) is 0 Å². The molecular weight excluding hydrogens is 269 g/mol. The van der Waals surface area contributed by atoms with Gasteiger partial charge in [-0.05, 0) is 31.2 Å². The fourth-order valence-corrected chi connectivity index (χ4v) is 1.99. The Hall–Kier alpha value is -1.86. The van der Waals surface area contributed by atoms with Gasteiger partial charge in [0.2, 0.25) is 5.13 Å². The van der Waals surface area contributed by atoms with Crippen LogP contribution >= 0.6 is 11.3 Å². The number of aromatic nitrogens is 2. The van der Waals surface area contributed by atoms with Crippen LogP contribution in [0.25, 0.3) is 0 Å². The number of hydrogen-bond donors (Lipinski definition) is 1. The predicted octanol–water partition coefficient (Wildman–Crippen LogP) is 2.47. The van der Waals surface area contributed by atoms with Gasteiger partial charge in [0.1, 0.15) is 17.4 Å². The van der Waals surface area contributed by atoms with Gasteiger partial charge in [-0.2, -0.15) is 0 Å². The summed E-state index contributed by atoms with van der Waals surface area (Å²) in [6.07, 6.45) is 0. The van der Waals surface area contributed by atoms with Gasteiger partial charge >= 0.3 is 0 Å². The van der Waals surface area contributed by atoms with Gasteiger partial charge in [0.15, 0.2) is 0 Å². The summed E-state index contributed by atoms with van der Waals surface area (Å²) in [5.41, 5.74) is 0.364. The minimum absolute atomic E-state index is 0.348. The number of nitrogens with one attached hydrogen (secondary N) is 1. The van der Waals surface area contributed by atoms with E-state index in [9.17, 15) is 9.18 Å². The van der Waals surface area contributed by atoms with Gasteiger partial charge in [0.25, 0.3) is 5.91 Å². The predicted molar refractivity (Wildman–Crippen MR) is 69.6 cm³/mol. The first-order valence-corrected chi connectivity index (χ1v) is 6.47. The highest BCUT2D eigenvalue weighted by molar-refractivity contribution is 7.15. The normalized spacial score (nSPS) is 10.4. The summed E-state index contributed by atoms with van der Waals surface area (Å²) in [4.78, 5) is 11.8. The van der Waals surface area contributed by atoms with Crippen LogP contribution in [0.3, 0.4) is 0 Å². The largest absolute Gasteiger partial charge is 0.374 e. The lowest BCUT2D eigenvalue weighted by atomic mass is 10.2. The molecule has 1 heterocycles. The summed E-state index contributed by atoms with van der Waals surface area (Å²) < 4.78 is 17.9. The van der Waals surface area contributed by atoms with E-state index in [1.54, 1.807) is 0 Å². The zero-order valence-electron chi connectivity index (χ0n) is 10.2. The van der Waals surface area contributed by atoms with Crippen LogP contribution in [-0.2, 0) is 11.3 Å². The van der Waals surface area contributed by atoms with Crippen molar-refractivity contribution in [1.29, 1.82) is 0 Å². The van der Waals surface area contributed by atoms with Crippen molar-refractivity contribution in [2.45, 2.75) is 13.5 Å². The van der Waals surface area contributed by atoms with E-state index in [0.29, 0.717) is 28.9 Å². The molecule has 2 aromatic rings. The molecule has 0 unspecified atom stereocenters. The summed E-state index contributed by atoms with van der Waals surface area (Å²) >= 11 is 1.25. The molecule has 2 rings (SSSR count). The average molecular weight is 281 g/mol. The van der Waals surface area contributed by atoms with Crippen LogP contribution in [0.2, 0.25) is 0 Å². The minimum Gasteiger partial charge on any atom is -0.374 e. The minimum atomic E-state index is -0.383. The summed E-state index contributed by atoms with van der Waals surface area (Å²) in [7, 11) is 0. The summed E-state index contributed by atoms with van der Waals surface area (Å²) in [6, 6.07) is 5.28. The lowest BCUT2D eigenvalue weighted by Gasteiger charge is -2.00.